The van der Waals surface area contributed by atoms with Gasteiger partial charge in [0.2, 0.25) is 5.91 Å². The molecule has 0 atom stereocenters. The summed E-state index contributed by atoms with van der Waals surface area (Å²) in [7, 11) is 6.08. The molecular formula is C24H27FN8O4. The molecule has 0 saturated heterocycles. The van der Waals surface area contributed by atoms with Crippen molar-refractivity contribution in [2.24, 2.45) is 13.0 Å². The molecule has 0 aliphatic heterocycles. The Morgan fingerprint density at radius 3 is 2.57 bits per heavy atom. The van der Waals surface area contributed by atoms with Crippen molar-refractivity contribution >= 4 is 34.9 Å². The zero-order valence-corrected chi connectivity index (χ0v) is 20.5. The van der Waals surface area contributed by atoms with Gasteiger partial charge >= 0.3 is 0 Å². The van der Waals surface area contributed by atoms with Crippen LogP contribution < -0.4 is 20.7 Å². The number of aromatic nitrogens is 4. The van der Waals surface area contributed by atoms with Crippen molar-refractivity contribution < 1.29 is 27.6 Å². The lowest BCUT2D eigenvalue weighted by Gasteiger charge is -2.16. The Morgan fingerprint density at radius 2 is 1.92 bits per heavy atom. The highest BCUT2D eigenvalue weighted by molar-refractivity contribution is 6.00. The summed E-state index contributed by atoms with van der Waals surface area (Å²) < 4.78 is 43.9. The van der Waals surface area contributed by atoms with E-state index in [1.54, 1.807) is 21.1 Å². The monoisotopic (exact) mass is 513 g/mol. The van der Waals surface area contributed by atoms with Gasteiger partial charge in [-0.3, -0.25) is 19.1 Å². The van der Waals surface area contributed by atoms with Crippen molar-refractivity contribution in [3.05, 3.63) is 41.5 Å². The van der Waals surface area contributed by atoms with Crippen LogP contribution in [-0.4, -0.2) is 70.8 Å². The number of halogens is 1. The zero-order chi connectivity index (χ0) is 29.4. The molecule has 37 heavy (non-hydrogen) atoms. The van der Waals surface area contributed by atoms with E-state index in [0.717, 1.165) is 18.9 Å². The minimum atomic E-state index is -2.82. The molecule has 13 heteroatoms. The topological polar surface area (TPSA) is 143 Å². The van der Waals surface area contributed by atoms with E-state index in [9.17, 15) is 18.8 Å². The Kier molecular flexibility index (Phi) is 5.99. The van der Waals surface area contributed by atoms with E-state index in [2.05, 4.69) is 25.9 Å². The number of benzene rings is 1. The highest BCUT2D eigenvalue weighted by atomic mass is 19.1. The molecule has 2 aromatic heterocycles. The van der Waals surface area contributed by atoms with Gasteiger partial charge in [-0.15, -0.1) is 10.2 Å². The average molecular weight is 514 g/mol. The molecule has 3 amide bonds. The van der Waals surface area contributed by atoms with Crippen LogP contribution in [0.4, 0.5) is 21.6 Å². The second-order valence-electron chi connectivity index (χ2n) is 8.61. The van der Waals surface area contributed by atoms with Crippen molar-refractivity contribution in [1.29, 1.82) is 0 Å². The van der Waals surface area contributed by atoms with Gasteiger partial charge < -0.3 is 25.6 Å². The third kappa shape index (κ3) is 5.34. The Bertz CT molecular complexity index is 1490. The largest absolute Gasteiger partial charge is 0.494 e. The Labute approximate surface area is 216 Å². The first-order valence-electron chi connectivity index (χ1n) is 12.7. The SMILES string of the molecule is [2H]C([2H])([2H])NC(=O)c1nnc(NC(=O)C2CC2)cc1Nc1cc(F)cc(-c2cc(C(=O)N(C)C)n(C)n2)c1OC. The van der Waals surface area contributed by atoms with Crippen LogP contribution in [0.25, 0.3) is 11.3 Å². The van der Waals surface area contributed by atoms with E-state index >= 15 is 0 Å². The first-order valence-corrected chi connectivity index (χ1v) is 11.2. The third-order valence-corrected chi connectivity index (χ3v) is 5.63. The molecule has 0 radical (unpaired) electrons. The normalized spacial score (nSPS) is 14.1. The summed E-state index contributed by atoms with van der Waals surface area (Å²) in [5.74, 6) is -2.43. The van der Waals surface area contributed by atoms with E-state index in [4.69, 9.17) is 8.85 Å². The molecule has 3 N–H and O–H groups in total. The molecule has 1 fully saturated rings. The molecule has 0 unspecified atom stereocenters. The van der Waals surface area contributed by atoms with Crippen LogP contribution in [0.1, 0.15) is 37.9 Å². The molecule has 12 nitrogen and oxygen atoms in total. The standard InChI is InChI=1S/C24H27FN8O4/c1-26-23(35)20-16(11-19(29-30-20)28-22(34)12-6-7-12)27-17-9-13(25)8-14(21(17)37-5)15-10-18(33(4)31-15)24(36)32(2)3/h8-12H,6-7H2,1-5H3,(H,26,35)(H2,27,28,29,34)/i1D3. The predicted molar refractivity (Wildman–Crippen MR) is 133 cm³/mol. The average Bonchev–Trinajstić information content (AvgIpc) is 3.64. The number of hydrogen-bond acceptors (Lipinski definition) is 8. The molecule has 2 heterocycles. The van der Waals surface area contributed by atoms with Crippen molar-refractivity contribution in [2.75, 3.05) is 38.8 Å². The highest BCUT2D eigenvalue weighted by Crippen LogP contribution is 2.39. The first kappa shape index (κ1) is 21.7. The Hall–Kier alpha value is -4.55. The van der Waals surface area contributed by atoms with Gasteiger partial charge in [0.05, 0.1) is 24.2 Å². The van der Waals surface area contributed by atoms with E-state index in [1.807, 2.05) is 5.32 Å². The number of ether oxygens (including phenoxy) is 1. The number of aryl methyl sites for hydroxylation is 1. The predicted octanol–water partition coefficient (Wildman–Crippen LogP) is 2.18. The molecule has 1 aliphatic carbocycles. The first-order chi connectivity index (χ1) is 18.8. The summed E-state index contributed by atoms with van der Waals surface area (Å²) in [6.07, 6.45) is 1.48. The maximum absolute atomic E-state index is 14.9. The second kappa shape index (κ2) is 10.2. The number of rotatable bonds is 8. The third-order valence-electron chi connectivity index (χ3n) is 5.63. The minimum Gasteiger partial charge on any atom is -0.494 e. The fourth-order valence-electron chi connectivity index (χ4n) is 3.62. The van der Waals surface area contributed by atoms with Crippen LogP contribution in [0.5, 0.6) is 5.75 Å². The second-order valence-corrected chi connectivity index (χ2v) is 8.61. The lowest BCUT2D eigenvalue weighted by Crippen LogP contribution is -2.24. The van der Waals surface area contributed by atoms with Crippen LogP contribution in [0, 0.1) is 11.7 Å². The van der Waals surface area contributed by atoms with Crippen molar-refractivity contribution in [1.82, 2.24) is 30.2 Å². The molecular weight excluding hydrogens is 483 g/mol. The molecule has 194 valence electrons. The van der Waals surface area contributed by atoms with Gasteiger partial charge in [0.25, 0.3) is 11.8 Å². The lowest BCUT2D eigenvalue weighted by molar-refractivity contribution is -0.117. The molecule has 0 bridgehead atoms. The number of carbonyl (C=O) groups is 3. The van der Waals surface area contributed by atoms with E-state index < -0.39 is 24.4 Å². The molecule has 4 rings (SSSR count). The van der Waals surface area contributed by atoms with Crippen LogP contribution in [0.3, 0.4) is 0 Å². The zero-order valence-electron chi connectivity index (χ0n) is 23.5. The van der Waals surface area contributed by atoms with Crippen LogP contribution in [0.2, 0.25) is 0 Å². The number of nitrogens with one attached hydrogen (secondary N) is 3. The van der Waals surface area contributed by atoms with Crippen LogP contribution in [-0.2, 0) is 11.8 Å². The van der Waals surface area contributed by atoms with Gasteiger partial charge in [0.1, 0.15) is 11.5 Å². The number of amides is 3. The van der Waals surface area contributed by atoms with Crippen molar-refractivity contribution in [2.45, 2.75) is 12.8 Å². The molecule has 3 aromatic rings. The van der Waals surface area contributed by atoms with Crippen molar-refractivity contribution in [3.8, 4) is 17.0 Å². The quantitative estimate of drug-likeness (QED) is 0.416. The molecule has 0 spiro atoms. The fraction of sp³-hybridized carbons (Fsp3) is 0.333. The number of methoxy groups -OCH3 is 1. The van der Waals surface area contributed by atoms with E-state index in [1.165, 1.54) is 34.9 Å². The Morgan fingerprint density at radius 1 is 1.16 bits per heavy atom. The van der Waals surface area contributed by atoms with Gasteiger partial charge in [-0.25, -0.2) is 4.39 Å². The van der Waals surface area contributed by atoms with E-state index in [-0.39, 0.29) is 57.6 Å². The number of hydrogen-bond donors (Lipinski definition) is 3. The number of nitrogens with zero attached hydrogens (tertiary/aromatic N) is 5. The maximum atomic E-state index is 14.9. The lowest BCUT2D eigenvalue weighted by atomic mass is 10.1. The summed E-state index contributed by atoms with van der Waals surface area (Å²) in [6, 6.07) is 5.02. The van der Waals surface area contributed by atoms with Crippen LogP contribution >= 0.6 is 0 Å². The highest BCUT2D eigenvalue weighted by Gasteiger charge is 2.30. The van der Waals surface area contributed by atoms with Crippen LogP contribution in [0.15, 0.2) is 24.3 Å². The van der Waals surface area contributed by atoms with Gasteiger partial charge in [-0.05, 0) is 25.0 Å². The number of carbonyl (C=O) groups excluding carboxylic acids is 3. The summed E-state index contributed by atoms with van der Waals surface area (Å²) in [4.78, 5) is 38.9. The minimum absolute atomic E-state index is 0.00278. The smallest absolute Gasteiger partial charge is 0.273 e. The summed E-state index contributed by atoms with van der Waals surface area (Å²) >= 11 is 0. The van der Waals surface area contributed by atoms with Gasteiger partial charge in [-0.1, -0.05) is 0 Å². The maximum Gasteiger partial charge on any atom is 0.273 e. The van der Waals surface area contributed by atoms with Crippen molar-refractivity contribution in [3.63, 3.8) is 0 Å². The number of anilines is 3. The summed E-state index contributed by atoms with van der Waals surface area (Å²) in [6.45, 7) is -2.82. The van der Waals surface area contributed by atoms with Gasteiger partial charge in [0.15, 0.2) is 17.3 Å². The molecule has 1 saturated carbocycles. The summed E-state index contributed by atoms with van der Waals surface area (Å²) in [5, 5.41) is 19.3. The van der Waals surface area contributed by atoms with E-state index in [0.29, 0.717) is 0 Å². The van der Waals surface area contributed by atoms with Gasteiger partial charge in [0, 0.05) is 55.8 Å². The van der Waals surface area contributed by atoms with Gasteiger partial charge in [-0.2, -0.15) is 5.10 Å². The molecule has 1 aromatic carbocycles. The Balaban J connectivity index is 1.78. The molecule has 1 aliphatic rings. The fourth-order valence-corrected chi connectivity index (χ4v) is 3.62. The summed E-state index contributed by atoms with van der Waals surface area (Å²) in [5.41, 5.74) is 0.194.